The summed E-state index contributed by atoms with van der Waals surface area (Å²) in [6.07, 6.45) is 2.48. The number of halogens is 2. The normalized spacial score (nSPS) is 25.3. The average Bonchev–Trinajstić information content (AvgIpc) is 2.30. The lowest BCUT2D eigenvalue weighted by molar-refractivity contribution is 0.116. The second-order valence-electron chi connectivity index (χ2n) is 5.36. The van der Waals surface area contributed by atoms with Crippen molar-refractivity contribution in [1.82, 2.24) is 4.90 Å². The minimum Gasteiger partial charge on any atom is -0.506 e. The number of likely N-dealkylation sites (tertiary alicyclic amines) is 1. The molecule has 100 valence electrons. The summed E-state index contributed by atoms with van der Waals surface area (Å²) in [5.41, 5.74) is 0.813. The number of phenolic OH excluding ortho intramolecular Hbond substituents is 1. The molecule has 4 heteroatoms. The maximum absolute atomic E-state index is 9.99. The number of hydrogen-bond donors (Lipinski definition) is 1. The minimum atomic E-state index is 0.159. The Labute approximate surface area is 119 Å². The van der Waals surface area contributed by atoms with Gasteiger partial charge in [-0.05, 0) is 37.8 Å². The maximum Gasteiger partial charge on any atom is 0.138 e. The lowest BCUT2D eigenvalue weighted by Crippen LogP contribution is -2.40. The van der Waals surface area contributed by atoms with E-state index >= 15 is 0 Å². The Morgan fingerprint density at radius 2 is 2.00 bits per heavy atom. The fourth-order valence-electron chi connectivity index (χ4n) is 2.56. The molecular weight excluding hydrogens is 269 g/mol. The summed E-state index contributed by atoms with van der Waals surface area (Å²) < 4.78 is 0. The van der Waals surface area contributed by atoms with Crippen LogP contribution in [0.1, 0.15) is 32.3 Å². The lowest BCUT2D eigenvalue weighted by atomic mass is 9.94. The first-order chi connectivity index (χ1) is 8.47. The van der Waals surface area contributed by atoms with Crippen LogP contribution in [0.3, 0.4) is 0 Å². The molecule has 1 aliphatic heterocycles. The van der Waals surface area contributed by atoms with Gasteiger partial charge in [-0.3, -0.25) is 4.90 Å². The number of rotatable bonds is 2. The molecule has 0 aromatic heterocycles. The van der Waals surface area contributed by atoms with Crippen molar-refractivity contribution in [1.29, 1.82) is 0 Å². The van der Waals surface area contributed by atoms with E-state index in [-0.39, 0.29) is 5.75 Å². The second kappa shape index (κ2) is 5.68. The molecule has 2 nitrogen and oxygen atoms in total. The molecule has 0 spiro atoms. The highest BCUT2D eigenvalue weighted by molar-refractivity contribution is 6.35. The van der Waals surface area contributed by atoms with Gasteiger partial charge < -0.3 is 5.11 Å². The molecule has 1 fully saturated rings. The molecule has 0 amide bonds. The van der Waals surface area contributed by atoms with Crippen LogP contribution in [0.4, 0.5) is 0 Å². The molecule has 2 atom stereocenters. The summed E-state index contributed by atoms with van der Waals surface area (Å²) >= 11 is 11.9. The van der Waals surface area contributed by atoms with Crippen molar-refractivity contribution in [2.75, 3.05) is 6.54 Å². The first-order valence-electron chi connectivity index (χ1n) is 6.38. The Morgan fingerprint density at radius 3 is 2.72 bits per heavy atom. The number of hydrogen-bond acceptors (Lipinski definition) is 2. The van der Waals surface area contributed by atoms with Crippen molar-refractivity contribution in [3.63, 3.8) is 0 Å². The molecule has 1 heterocycles. The first-order valence-corrected chi connectivity index (χ1v) is 7.14. The van der Waals surface area contributed by atoms with E-state index in [4.69, 9.17) is 23.2 Å². The Bertz CT molecular complexity index is 436. The van der Waals surface area contributed by atoms with E-state index in [2.05, 4.69) is 18.7 Å². The molecule has 1 N–H and O–H groups in total. The van der Waals surface area contributed by atoms with E-state index in [1.807, 2.05) is 0 Å². The van der Waals surface area contributed by atoms with Crippen molar-refractivity contribution in [3.8, 4) is 5.75 Å². The van der Waals surface area contributed by atoms with Gasteiger partial charge in [0.1, 0.15) is 5.75 Å². The summed E-state index contributed by atoms with van der Waals surface area (Å²) in [6, 6.07) is 3.91. The maximum atomic E-state index is 9.99. The van der Waals surface area contributed by atoms with Gasteiger partial charge >= 0.3 is 0 Å². The molecule has 18 heavy (non-hydrogen) atoms. The SMILES string of the molecule is CC1CCC(C)N(Cc2cc(Cl)cc(Cl)c2O)C1. The molecule has 0 radical (unpaired) electrons. The highest BCUT2D eigenvalue weighted by Gasteiger charge is 2.24. The molecule has 0 aliphatic carbocycles. The standard InChI is InChI=1S/C14H19Cl2NO/c1-9-3-4-10(2)17(7-9)8-11-5-12(15)6-13(16)14(11)18/h5-6,9-10,18H,3-4,7-8H2,1-2H3. The molecular formula is C14H19Cl2NO. The van der Waals surface area contributed by atoms with Gasteiger partial charge in [0.05, 0.1) is 5.02 Å². The topological polar surface area (TPSA) is 23.5 Å². The van der Waals surface area contributed by atoms with E-state index in [0.29, 0.717) is 28.5 Å². The fourth-order valence-corrected chi connectivity index (χ4v) is 3.09. The Hall–Kier alpha value is -0.440. The van der Waals surface area contributed by atoms with Crippen LogP contribution in [0, 0.1) is 5.92 Å². The zero-order chi connectivity index (χ0) is 13.3. The Balaban J connectivity index is 2.18. The van der Waals surface area contributed by atoms with Crippen LogP contribution >= 0.6 is 23.2 Å². The molecule has 1 aromatic rings. The zero-order valence-electron chi connectivity index (χ0n) is 10.8. The molecule has 1 aromatic carbocycles. The smallest absolute Gasteiger partial charge is 0.138 e. The van der Waals surface area contributed by atoms with Crippen molar-refractivity contribution in [2.45, 2.75) is 39.3 Å². The first kappa shape index (κ1) is 14.0. The van der Waals surface area contributed by atoms with Crippen LogP contribution in [0.5, 0.6) is 5.75 Å². The Morgan fingerprint density at radius 1 is 1.28 bits per heavy atom. The molecule has 2 rings (SSSR count). The van der Waals surface area contributed by atoms with E-state index < -0.39 is 0 Å². The predicted molar refractivity (Wildman–Crippen MR) is 76.4 cm³/mol. The van der Waals surface area contributed by atoms with E-state index in [9.17, 15) is 5.11 Å². The monoisotopic (exact) mass is 287 g/mol. The number of piperidine rings is 1. The van der Waals surface area contributed by atoms with Crippen LogP contribution in [0.15, 0.2) is 12.1 Å². The molecule has 0 bridgehead atoms. The number of benzene rings is 1. The van der Waals surface area contributed by atoms with Gasteiger partial charge in [0, 0.05) is 29.7 Å². The van der Waals surface area contributed by atoms with E-state index in [1.165, 1.54) is 12.8 Å². The van der Waals surface area contributed by atoms with Crippen LogP contribution in [0.2, 0.25) is 10.0 Å². The van der Waals surface area contributed by atoms with Gasteiger partial charge in [0.2, 0.25) is 0 Å². The number of phenols is 1. The van der Waals surface area contributed by atoms with Crippen LogP contribution in [-0.4, -0.2) is 22.6 Å². The largest absolute Gasteiger partial charge is 0.506 e. The minimum absolute atomic E-state index is 0.159. The average molecular weight is 288 g/mol. The van der Waals surface area contributed by atoms with Crippen molar-refractivity contribution < 1.29 is 5.11 Å². The van der Waals surface area contributed by atoms with Crippen molar-refractivity contribution in [2.24, 2.45) is 5.92 Å². The molecule has 1 aliphatic rings. The zero-order valence-corrected chi connectivity index (χ0v) is 12.3. The highest BCUT2D eigenvalue weighted by atomic mass is 35.5. The second-order valence-corrected chi connectivity index (χ2v) is 6.20. The lowest BCUT2D eigenvalue weighted by Gasteiger charge is -2.36. The quantitative estimate of drug-likeness (QED) is 0.876. The summed E-state index contributed by atoms with van der Waals surface area (Å²) in [5.74, 6) is 0.865. The number of aromatic hydroxyl groups is 1. The summed E-state index contributed by atoms with van der Waals surface area (Å²) in [4.78, 5) is 2.38. The molecule has 1 saturated heterocycles. The van der Waals surface area contributed by atoms with Crippen LogP contribution < -0.4 is 0 Å². The van der Waals surface area contributed by atoms with Crippen molar-refractivity contribution >= 4 is 23.2 Å². The summed E-state index contributed by atoms with van der Waals surface area (Å²) in [6.45, 7) is 6.27. The molecule has 0 saturated carbocycles. The van der Waals surface area contributed by atoms with Gasteiger partial charge in [0.25, 0.3) is 0 Å². The third-order valence-electron chi connectivity index (χ3n) is 3.73. The summed E-state index contributed by atoms with van der Waals surface area (Å²) in [7, 11) is 0. The van der Waals surface area contributed by atoms with E-state index in [1.54, 1.807) is 12.1 Å². The van der Waals surface area contributed by atoms with Gasteiger partial charge in [-0.15, -0.1) is 0 Å². The predicted octanol–water partition coefficient (Wildman–Crippen LogP) is 4.32. The number of nitrogens with zero attached hydrogens (tertiary/aromatic N) is 1. The van der Waals surface area contributed by atoms with Gasteiger partial charge in [-0.1, -0.05) is 30.1 Å². The van der Waals surface area contributed by atoms with Gasteiger partial charge in [-0.25, -0.2) is 0 Å². The van der Waals surface area contributed by atoms with Gasteiger partial charge in [-0.2, -0.15) is 0 Å². The summed E-state index contributed by atoms with van der Waals surface area (Å²) in [5, 5.41) is 10.9. The Kier molecular flexibility index (Phi) is 4.41. The van der Waals surface area contributed by atoms with Crippen molar-refractivity contribution in [3.05, 3.63) is 27.7 Å². The van der Waals surface area contributed by atoms with Crippen LogP contribution in [-0.2, 0) is 6.54 Å². The highest BCUT2D eigenvalue weighted by Crippen LogP contribution is 2.33. The molecule has 2 unspecified atom stereocenters. The van der Waals surface area contributed by atoms with E-state index in [0.717, 1.165) is 12.1 Å². The van der Waals surface area contributed by atoms with Crippen LogP contribution in [0.25, 0.3) is 0 Å². The third kappa shape index (κ3) is 3.11. The van der Waals surface area contributed by atoms with Gasteiger partial charge in [0.15, 0.2) is 0 Å². The fraction of sp³-hybridized carbons (Fsp3) is 0.571. The third-order valence-corrected chi connectivity index (χ3v) is 4.23.